The minimum atomic E-state index is -1.05. The first-order chi connectivity index (χ1) is 24.3. The molecule has 0 spiro atoms. The molecule has 1 aromatic carbocycles. The number of urea groups is 1. The van der Waals surface area contributed by atoms with E-state index in [1.54, 1.807) is 20.8 Å². The topological polar surface area (TPSA) is 163 Å². The molecule has 1 heterocycles. The maximum Gasteiger partial charge on any atom is 0.325 e. The summed E-state index contributed by atoms with van der Waals surface area (Å²) in [6.45, 7) is 16.7. The van der Waals surface area contributed by atoms with Crippen LogP contribution in [0.15, 0.2) is 43.0 Å². The van der Waals surface area contributed by atoms with E-state index >= 15 is 0 Å². The van der Waals surface area contributed by atoms with E-state index in [9.17, 15) is 28.8 Å². The second kappa shape index (κ2) is 24.1. The molecule has 2 fully saturated rings. The summed E-state index contributed by atoms with van der Waals surface area (Å²) < 4.78 is 5.19. The van der Waals surface area contributed by atoms with Crippen molar-refractivity contribution < 1.29 is 33.5 Å². The van der Waals surface area contributed by atoms with Crippen LogP contribution < -0.4 is 21.3 Å². The van der Waals surface area contributed by atoms with Gasteiger partial charge in [-0.2, -0.15) is 0 Å². The van der Waals surface area contributed by atoms with Crippen LogP contribution >= 0.6 is 0 Å². The highest BCUT2D eigenvalue weighted by Gasteiger charge is 2.46. The van der Waals surface area contributed by atoms with Crippen molar-refractivity contribution in [3.63, 3.8) is 0 Å². The first-order valence-corrected chi connectivity index (χ1v) is 18.6. The number of carbonyl (C=O) groups excluding carboxylic acids is 6. The van der Waals surface area contributed by atoms with E-state index in [-0.39, 0.29) is 32.0 Å². The van der Waals surface area contributed by atoms with E-state index in [1.165, 1.54) is 43.1 Å². The van der Waals surface area contributed by atoms with Gasteiger partial charge in [-0.3, -0.25) is 24.0 Å². The molecule has 1 saturated heterocycles. The summed E-state index contributed by atoms with van der Waals surface area (Å²) in [5.74, 6) is -3.39. The minimum absolute atomic E-state index is 0.0628. The van der Waals surface area contributed by atoms with Crippen LogP contribution in [0.2, 0.25) is 0 Å². The molecule has 0 bridgehead atoms. The van der Waals surface area contributed by atoms with E-state index in [4.69, 9.17) is 4.74 Å². The predicted octanol–water partition coefficient (Wildman–Crippen LogP) is 5.20. The lowest BCUT2D eigenvalue weighted by Gasteiger charge is -2.36. The Bertz CT molecular complexity index is 1250. The molecule has 4 atom stereocenters. The molecule has 1 aliphatic carbocycles. The van der Waals surface area contributed by atoms with Gasteiger partial charge < -0.3 is 30.9 Å². The van der Waals surface area contributed by atoms with Crippen LogP contribution in [-0.4, -0.2) is 78.2 Å². The van der Waals surface area contributed by atoms with Gasteiger partial charge >= 0.3 is 12.0 Å². The summed E-state index contributed by atoms with van der Waals surface area (Å²) in [5.41, 5.74) is 0.0527. The smallest absolute Gasteiger partial charge is 0.325 e. The minimum Gasteiger partial charge on any atom is -0.460 e. The van der Waals surface area contributed by atoms with Crippen molar-refractivity contribution >= 4 is 35.5 Å². The van der Waals surface area contributed by atoms with Crippen molar-refractivity contribution in [2.24, 2.45) is 11.3 Å². The van der Waals surface area contributed by atoms with Gasteiger partial charge in [0.15, 0.2) is 0 Å². The molecule has 51 heavy (non-hydrogen) atoms. The molecular weight excluding hydrogens is 650 g/mol. The molecule has 3 rings (SSSR count). The van der Waals surface area contributed by atoms with Crippen LogP contribution in [0, 0.1) is 11.3 Å². The Labute approximate surface area is 305 Å². The third-order valence-corrected chi connectivity index (χ3v) is 8.71. The zero-order chi connectivity index (χ0) is 38.4. The van der Waals surface area contributed by atoms with Gasteiger partial charge in [0, 0.05) is 13.1 Å². The van der Waals surface area contributed by atoms with Gasteiger partial charge in [-0.1, -0.05) is 130 Å². The number of hydrogen-bond donors (Lipinski definition) is 4. The van der Waals surface area contributed by atoms with Crippen molar-refractivity contribution in [3.8, 4) is 0 Å². The highest BCUT2D eigenvalue weighted by Crippen LogP contribution is 2.31. The Morgan fingerprint density at radius 3 is 2.08 bits per heavy atom. The van der Waals surface area contributed by atoms with E-state index in [2.05, 4.69) is 27.8 Å². The van der Waals surface area contributed by atoms with E-state index in [1.807, 2.05) is 58.0 Å². The fraction of sp³-hybridized carbons (Fsp3) is 0.641. The van der Waals surface area contributed by atoms with E-state index < -0.39 is 65.6 Å². The van der Waals surface area contributed by atoms with Crippen LogP contribution in [-0.2, 0) is 35.3 Å². The third-order valence-electron chi connectivity index (χ3n) is 8.71. The monoisotopic (exact) mass is 713 g/mol. The summed E-state index contributed by atoms with van der Waals surface area (Å²) in [4.78, 5) is 79.1. The van der Waals surface area contributed by atoms with Crippen LogP contribution in [0.1, 0.15) is 112 Å². The molecule has 0 radical (unpaired) electrons. The molecule has 3 unspecified atom stereocenters. The van der Waals surface area contributed by atoms with Crippen molar-refractivity contribution in [2.75, 3.05) is 19.6 Å². The van der Waals surface area contributed by atoms with Gasteiger partial charge in [-0.05, 0) is 29.7 Å². The van der Waals surface area contributed by atoms with Gasteiger partial charge in [0.25, 0.3) is 5.91 Å². The number of ketones is 1. The SMILES string of the molecule is C1CCCC1.C=CCNC(=O)C(=O)C(CCC)NC(=O)C1[C@@H](CC)CCN1C(=O)C(NC(=O)NCC(=O)OCc1ccccc1)C(C)(C)C.CC. The largest absolute Gasteiger partial charge is 0.460 e. The van der Waals surface area contributed by atoms with Gasteiger partial charge in [0.05, 0.1) is 6.04 Å². The maximum absolute atomic E-state index is 13.9. The Morgan fingerprint density at radius 1 is 0.941 bits per heavy atom. The molecule has 1 aliphatic heterocycles. The first-order valence-electron chi connectivity index (χ1n) is 18.6. The number of carbonyl (C=O) groups is 6. The molecule has 2 aliphatic rings. The molecule has 12 nitrogen and oxygen atoms in total. The molecule has 12 heteroatoms. The van der Waals surface area contributed by atoms with Crippen LogP contribution in [0.4, 0.5) is 4.79 Å². The highest BCUT2D eigenvalue weighted by atomic mass is 16.5. The lowest BCUT2D eigenvalue weighted by Crippen LogP contribution is -2.61. The van der Waals surface area contributed by atoms with E-state index in [0.29, 0.717) is 19.3 Å². The van der Waals surface area contributed by atoms with Crippen molar-refractivity contribution in [3.05, 3.63) is 48.6 Å². The highest BCUT2D eigenvalue weighted by molar-refractivity contribution is 6.38. The molecule has 1 aromatic rings. The second-order valence-electron chi connectivity index (χ2n) is 13.7. The van der Waals surface area contributed by atoms with Crippen molar-refractivity contribution in [1.29, 1.82) is 0 Å². The summed E-state index contributed by atoms with van der Waals surface area (Å²) in [6.07, 6.45) is 10.9. The Kier molecular flexibility index (Phi) is 21.1. The number of nitrogens with zero attached hydrogens (tertiary/aromatic N) is 1. The Hall–Kier alpha value is -4.22. The first kappa shape index (κ1) is 44.8. The van der Waals surface area contributed by atoms with E-state index in [0.717, 1.165) is 5.56 Å². The summed E-state index contributed by atoms with van der Waals surface area (Å²) in [6, 6.07) is 5.41. The standard InChI is InChI=1S/C32H47N5O7.C5H10.C2H6/c1-7-13-23(26(39)29(41)33-17-8-2)35-28(40)25-22(9-3)16-18-37(25)30(42)27(32(4,5)6)36-31(43)34-19-24(38)44-20-21-14-11-10-12-15-21;1-2-4-5-3-1;1-2/h8,10-12,14-15,22-23,25,27H,2,7,9,13,16-20H2,1,3-6H3,(H,33,41)(H,35,40)(H2,34,36,43);1-5H2;1-2H3/t22-,23?,25?,27?;;/m0../s1. The summed E-state index contributed by atoms with van der Waals surface area (Å²) >= 11 is 0. The number of rotatable bonds is 15. The fourth-order valence-electron chi connectivity index (χ4n) is 5.93. The number of hydrogen-bond acceptors (Lipinski definition) is 7. The molecule has 1 saturated carbocycles. The zero-order valence-corrected chi connectivity index (χ0v) is 32.0. The zero-order valence-electron chi connectivity index (χ0n) is 32.0. The number of ether oxygens (including phenoxy) is 1. The van der Waals surface area contributed by atoms with Gasteiger partial charge in [-0.25, -0.2) is 4.79 Å². The molecular formula is C39H63N5O7. The van der Waals surface area contributed by atoms with Gasteiger partial charge in [0.2, 0.25) is 17.6 Å². The number of nitrogens with one attached hydrogen (secondary N) is 4. The molecule has 0 aromatic heterocycles. The average Bonchev–Trinajstić information content (AvgIpc) is 3.85. The predicted molar refractivity (Wildman–Crippen MR) is 199 cm³/mol. The number of benzene rings is 1. The second-order valence-corrected chi connectivity index (χ2v) is 13.7. The van der Waals surface area contributed by atoms with Gasteiger partial charge in [0.1, 0.15) is 25.2 Å². The molecule has 5 amide bonds. The lowest BCUT2D eigenvalue weighted by molar-refractivity contribution is -0.144. The van der Waals surface area contributed by atoms with Gasteiger partial charge in [-0.15, -0.1) is 6.58 Å². The maximum atomic E-state index is 13.9. The molecule has 4 N–H and O–H groups in total. The average molecular weight is 714 g/mol. The number of likely N-dealkylation sites (tertiary alicyclic amines) is 1. The van der Waals surface area contributed by atoms with Crippen molar-refractivity contribution in [2.45, 2.75) is 131 Å². The summed E-state index contributed by atoms with van der Waals surface area (Å²) in [7, 11) is 0. The van der Waals surface area contributed by atoms with Crippen LogP contribution in [0.3, 0.4) is 0 Å². The number of Topliss-reactive ketones (excluding diaryl/α,β-unsaturated/α-hetero) is 1. The summed E-state index contributed by atoms with van der Waals surface area (Å²) in [5, 5.41) is 10.3. The Morgan fingerprint density at radius 2 is 1.55 bits per heavy atom. The number of amides is 5. The van der Waals surface area contributed by atoms with Crippen LogP contribution in [0.25, 0.3) is 0 Å². The number of esters is 1. The fourth-order valence-corrected chi connectivity index (χ4v) is 5.93. The van der Waals surface area contributed by atoms with Crippen LogP contribution in [0.5, 0.6) is 0 Å². The lowest BCUT2D eigenvalue weighted by atomic mass is 9.85. The van der Waals surface area contributed by atoms with Crippen molar-refractivity contribution in [1.82, 2.24) is 26.2 Å². The third kappa shape index (κ3) is 15.7. The molecule has 286 valence electrons. The normalized spacial score (nSPS) is 17.6. The quantitative estimate of drug-likeness (QED) is 0.110. The Balaban J connectivity index is 0.00000167.